The highest BCUT2D eigenvalue weighted by atomic mass is 16.1. The molecule has 0 saturated heterocycles. The minimum atomic E-state index is -0.390. The molecule has 184 valence electrons. The molecule has 3 aromatic heterocycles. The zero-order valence-electron chi connectivity index (χ0n) is 22.1. The number of rotatable bonds is 1. The van der Waals surface area contributed by atoms with Crippen molar-refractivity contribution in [3.63, 3.8) is 0 Å². The third-order valence-electron chi connectivity index (χ3n) is 5.04. The minimum absolute atomic E-state index is 0.0224. The molecule has 34 heavy (non-hydrogen) atoms. The summed E-state index contributed by atoms with van der Waals surface area (Å²) in [5, 5.41) is 0. The van der Waals surface area contributed by atoms with Gasteiger partial charge in [-0.3, -0.25) is 14.6 Å². The van der Waals surface area contributed by atoms with Crippen molar-refractivity contribution < 1.29 is 9.36 Å². The molecule has 6 heteroatoms. The monoisotopic (exact) mass is 465 g/mol. The van der Waals surface area contributed by atoms with Crippen LogP contribution in [0.15, 0.2) is 72.2 Å². The zero-order valence-corrected chi connectivity index (χ0v) is 22.1. The van der Waals surface area contributed by atoms with Crippen LogP contribution in [0.3, 0.4) is 0 Å². The number of aromatic amines is 1. The summed E-state index contributed by atoms with van der Waals surface area (Å²) in [5.41, 5.74) is 8.43. The number of primary amides is 1. The number of nitrogens with two attached hydrogens (primary N) is 1. The number of pyridine rings is 3. The highest BCUT2D eigenvalue weighted by molar-refractivity contribution is 5.92. The van der Waals surface area contributed by atoms with E-state index >= 15 is 0 Å². The van der Waals surface area contributed by atoms with Crippen molar-refractivity contribution in [3.05, 3.63) is 94.4 Å². The fourth-order valence-corrected chi connectivity index (χ4v) is 2.72. The van der Waals surface area contributed by atoms with Crippen molar-refractivity contribution in [3.8, 4) is 0 Å². The van der Waals surface area contributed by atoms with Crippen molar-refractivity contribution in [2.45, 2.75) is 78.7 Å². The predicted octanol–water partition coefficient (Wildman–Crippen LogP) is 4.88. The molecule has 1 amide bonds. The third-order valence-corrected chi connectivity index (χ3v) is 5.04. The lowest BCUT2D eigenvalue weighted by atomic mass is 9.88. The van der Waals surface area contributed by atoms with Gasteiger partial charge in [-0.15, -0.1) is 0 Å². The van der Waals surface area contributed by atoms with Gasteiger partial charge in [0.1, 0.15) is 5.56 Å². The number of amides is 1. The topological polar surface area (TPSA) is 92.7 Å². The van der Waals surface area contributed by atoms with Crippen LogP contribution in [0.2, 0.25) is 0 Å². The molecule has 0 bridgehead atoms. The van der Waals surface area contributed by atoms with Crippen LogP contribution in [0.4, 0.5) is 0 Å². The predicted molar refractivity (Wildman–Crippen MR) is 139 cm³/mol. The van der Waals surface area contributed by atoms with Crippen LogP contribution >= 0.6 is 0 Å². The Labute approximate surface area is 204 Å². The Balaban J connectivity index is 0.000000257. The number of aromatic nitrogens is 3. The lowest BCUT2D eigenvalue weighted by Gasteiger charge is -2.17. The summed E-state index contributed by atoms with van der Waals surface area (Å²) in [7, 11) is 0. The zero-order chi connectivity index (χ0) is 26.2. The standard InChI is InChI=1S/C10H14N2O.C9H13NO.C9H13N/c1-10(2,3)12-6-4-5-8(7-12)9(11)13;1-9(2,3)7-4-5-8(11)10-6-7;1-9(2,3)8-5-4-6-10-7-8/h4-7H,1-3H3,(H-,11,13);4-6H,1-3H3,(H,10,11);4-7H,1-3H3/p+1. The van der Waals surface area contributed by atoms with E-state index in [9.17, 15) is 9.59 Å². The summed E-state index contributed by atoms with van der Waals surface area (Å²) in [6, 6.07) is 11.0. The maximum atomic E-state index is 10.9. The Bertz CT molecular complexity index is 1080. The van der Waals surface area contributed by atoms with Crippen LogP contribution in [0.5, 0.6) is 0 Å². The fourth-order valence-electron chi connectivity index (χ4n) is 2.72. The minimum Gasteiger partial charge on any atom is -0.365 e. The average molecular weight is 466 g/mol. The van der Waals surface area contributed by atoms with Gasteiger partial charge in [-0.2, -0.15) is 4.57 Å². The van der Waals surface area contributed by atoms with Gasteiger partial charge in [-0.05, 0) is 34.1 Å². The van der Waals surface area contributed by atoms with Gasteiger partial charge in [0, 0.05) is 51.5 Å². The normalized spacial score (nSPS) is 11.4. The summed E-state index contributed by atoms with van der Waals surface area (Å²) >= 11 is 0. The fraction of sp³-hybridized carbons (Fsp3) is 0.429. The Morgan fingerprint density at radius 2 is 1.50 bits per heavy atom. The van der Waals surface area contributed by atoms with Crippen LogP contribution in [0, 0.1) is 0 Å². The van der Waals surface area contributed by atoms with Gasteiger partial charge < -0.3 is 10.7 Å². The van der Waals surface area contributed by atoms with Gasteiger partial charge in [0.2, 0.25) is 5.56 Å². The summed E-state index contributed by atoms with van der Waals surface area (Å²) in [6.07, 6.45) is 9.17. The molecular weight excluding hydrogens is 424 g/mol. The molecule has 3 aromatic rings. The number of hydrogen-bond acceptors (Lipinski definition) is 3. The number of carbonyl (C=O) groups excluding carboxylic acids is 1. The van der Waals surface area contributed by atoms with Crippen LogP contribution in [-0.2, 0) is 16.4 Å². The molecule has 0 spiro atoms. The second-order valence-corrected chi connectivity index (χ2v) is 11.2. The highest BCUT2D eigenvalue weighted by Crippen LogP contribution is 2.20. The maximum absolute atomic E-state index is 10.9. The second kappa shape index (κ2) is 11.7. The van der Waals surface area contributed by atoms with Gasteiger partial charge in [0.05, 0.1) is 0 Å². The molecule has 6 nitrogen and oxygen atoms in total. The van der Waals surface area contributed by atoms with Crippen molar-refractivity contribution in [2.75, 3.05) is 0 Å². The molecule has 0 unspecified atom stereocenters. The number of nitrogens with one attached hydrogen (secondary N) is 1. The molecule has 0 saturated carbocycles. The van der Waals surface area contributed by atoms with Crippen molar-refractivity contribution in [1.29, 1.82) is 0 Å². The number of H-pyrrole nitrogens is 1. The van der Waals surface area contributed by atoms with Crippen molar-refractivity contribution in [2.24, 2.45) is 5.73 Å². The Hall–Kier alpha value is -3.28. The number of carbonyl (C=O) groups is 1. The molecule has 0 aliphatic rings. The van der Waals surface area contributed by atoms with E-state index < -0.39 is 5.91 Å². The summed E-state index contributed by atoms with van der Waals surface area (Å²) in [4.78, 5) is 28.3. The lowest BCUT2D eigenvalue weighted by Crippen LogP contribution is -2.50. The van der Waals surface area contributed by atoms with E-state index in [0.717, 1.165) is 5.56 Å². The smallest absolute Gasteiger partial charge is 0.254 e. The molecule has 0 aromatic carbocycles. The van der Waals surface area contributed by atoms with Crippen molar-refractivity contribution >= 4 is 5.91 Å². The van der Waals surface area contributed by atoms with E-state index in [1.165, 1.54) is 5.56 Å². The number of hydrogen-bond donors (Lipinski definition) is 2. The van der Waals surface area contributed by atoms with E-state index in [1.807, 2.05) is 35.2 Å². The van der Waals surface area contributed by atoms with E-state index in [2.05, 4.69) is 78.3 Å². The molecule has 0 atom stereocenters. The van der Waals surface area contributed by atoms with E-state index in [4.69, 9.17) is 5.73 Å². The summed E-state index contributed by atoms with van der Waals surface area (Å²) in [6.45, 7) is 19.1. The quantitative estimate of drug-likeness (QED) is 0.502. The average Bonchev–Trinajstić information content (AvgIpc) is 2.74. The van der Waals surface area contributed by atoms with Gasteiger partial charge in [-0.1, -0.05) is 53.7 Å². The Kier molecular flexibility index (Phi) is 9.92. The van der Waals surface area contributed by atoms with Crippen LogP contribution < -0.4 is 15.9 Å². The van der Waals surface area contributed by atoms with E-state index in [-0.39, 0.29) is 21.9 Å². The first kappa shape index (κ1) is 28.8. The first-order valence-corrected chi connectivity index (χ1v) is 11.4. The van der Waals surface area contributed by atoms with Gasteiger partial charge in [0.25, 0.3) is 5.91 Å². The molecule has 0 aliphatic heterocycles. The number of nitrogens with zero attached hydrogens (tertiary/aromatic N) is 2. The Morgan fingerprint density at radius 1 is 0.882 bits per heavy atom. The first-order chi connectivity index (χ1) is 15.5. The Morgan fingerprint density at radius 3 is 1.88 bits per heavy atom. The summed E-state index contributed by atoms with van der Waals surface area (Å²) < 4.78 is 1.97. The van der Waals surface area contributed by atoms with Crippen LogP contribution in [0.25, 0.3) is 0 Å². The molecule has 3 heterocycles. The van der Waals surface area contributed by atoms with Gasteiger partial charge in [0.15, 0.2) is 17.9 Å². The van der Waals surface area contributed by atoms with Crippen molar-refractivity contribution in [1.82, 2.24) is 9.97 Å². The SMILES string of the molecule is CC(C)(C)[n+]1cccc(C(N)=O)c1.CC(C)(C)c1ccc(=O)[nH]c1.CC(C)(C)c1cccnc1. The largest absolute Gasteiger partial charge is 0.365 e. The van der Waals surface area contributed by atoms with Crippen LogP contribution in [-0.4, -0.2) is 15.9 Å². The lowest BCUT2D eigenvalue weighted by molar-refractivity contribution is -0.754. The summed E-state index contributed by atoms with van der Waals surface area (Å²) in [5.74, 6) is -0.390. The molecular formula is C28H41N4O2+. The van der Waals surface area contributed by atoms with E-state index in [0.29, 0.717) is 5.56 Å². The molecule has 3 rings (SSSR count). The first-order valence-electron chi connectivity index (χ1n) is 11.4. The maximum Gasteiger partial charge on any atom is 0.254 e. The highest BCUT2D eigenvalue weighted by Gasteiger charge is 2.21. The molecule has 0 aliphatic carbocycles. The van der Waals surface area contributed by atoms with Gasteiger partial charge in [-0.25, -0.2) is 0 Å². The van der Waals surface area contributed by atoms with E-state index in [1.54, 1.807) is 30.7 Å². The third kappa shape index (κ3) is 10.1. The molecule has 3 N–H and O–H groups in total. The molecule has 0 fully saturated rings. The van der Waals surface area contributed by atoms with Crippen LogP contribution in [0.1, 0.15) is 83.8 Å². The van der Waals surface area contributed by atoms with Gasteiger partial charge >= 0.3 is 0 Å². The molecule has 0 radical (unpaired) electrons. The second-order valence-electron chi connectivity index (χ2n) is 11.2.